The first-order valence-electron chi connectivity index (χ1n) is 56.8. The molecule has 0 fully saturated rings. The van der Waals surface area contributed by atoms with Gasteiger partial charge in [-0.3, -0.25) is 0 Å². The Labute approximate surface area is 858 Å². The lowest BCUT2D eigenvalue weighted by Crippen LogP contribution is -2.35. The van der Waals surface area contributed by atoms with Gasteiger partial charge in [0.2, 0.25) is 0 Å². The molecule has 0 heterocycles. The standard InChI is InChI=1S/C132H202N8/c1-103-59-71-113-115-75-67-109(99-125(115)129(121(113)95-103,79-43-27-35-51-87-133(3,4)5)80-44-28-36-52-88-134(6,7)8)111-69-77-119-117-73-65-107(97-123(117)131(127(119)101-111,83-47-31-39-55-91-137(15,16)17)84-48-32-40-56-92-138(18,19)20)105-61-63-106(64-62-105)108-66-74-118-120-78-70-112(102-128(120)132(124(118)98-108,85-49-33-41-57-93-139(21,22)23)86-50-34-42-58-94-140(24,25)26)110-68-76-116-114-72-60-104(2)96-122(114)130(126(116)100-110,81-45-29-37-53-89-135(9,10)11)82-46-30-38-54-90-136(12,13)14/h59-78,95-102H,27-58,79-94H2,1-26H3/q+8. The Morgan fingerprint density at radius 1 is 0.136 bits per heavy atom. The van der Waals surface area contributed by atoms with Gasteiger partial charge >= 0.3 is 0 Å². The molecule has 762 valence electrons. The predicted molar refractivity (Wildman–Crippen MR) is 610 cm³/mol. The molecule has 4 aliphatic rings. The number of hydrogen-bond acceptors (Lipinski definition) is 0. The predicted octanol–water partition coefficient (Wildman–Crippen LogP) is 31.3. The van der Waals surface area contributed by atoms with Crippen LogP contribution in [0.4, 0.5) is 0 Å². The molecule has 0 aliphatic heterocycles. The first-order chi connectivity index (χ1) is 66.2. The quantitative estimate of drug-likeness (QED) is 0.0263. The zero-order valence-electron chi connectivity index (χ0n) is 94.7. The van der Waals surface area contributed by atoms with Crippen LogP contribution >= 0.6 is 0 Å². The molecule has 0 saturated heterocycles. The SMILES string of the molecule is Cc1ccc2c(c1)C(CCCCCC[N+](C)(C)C)(CCCCCC[N+](C)(C)C)c1cc(-c3ccc4c(c3)C(CCCCCC[N+](C)(C)C)(CCCCCC[N+](C)(C)C)c3cc(-c5ccc(-c6ccc7c(c6)C(CCCCCC[N+](C)(C)C)(CCCCCC[N+](C)(C)C)c6cc(-c8ccc9c(c8)C(CCCCCC[N+](C)(C)C)(CCCCCC[N+](C)(C)C)c8cc(C)ccc8-9)ccc6-7)cc5)ccc3-4)ccc1-2. The van der Waals surface area contributed by atoms with Crippen molar-refractivity contribution < 1.29 is 35.9 Å². The smallest absolute Gasteiger partial charge is 0.0780 e. The summed E-state index contributed by atoms with van der Waals surface area (Å²) in [6.45, 7) is 14.5. The van der Waals surface area contributed by atoms with Crippen LogP contribution in [-0.4, -0.2) is 257 Å². The molecule has 8 heteroatoms. The Kier molecular flexibility index (Phi) is 36.9. The van der Waals surface area contributed by atoms with E-state index in [-0.39, 0.29) is 21.7 Å². The third kappa shape index (κ3) is 29.1. The van der Waals surface area contributed by atoms with Gasteiger partial charge in [0.1, 0.15) is 0 Å². The van der Waals surface area contributed by atoms with Crippen LogP contribution in [0.2, 0.25) is 0 Å². The van der Waals surface area contributed by atoms with E-state index >= 15 is 0 Å². The monoisotopic (exact) mass is 1900 g/mol. The molecule has 0 aromatic heterocycles. The number of unbranched alkanes of at least 4 members (excludes halogenated alkanes) is 24. The Morgan fingerprint density at radius 2 is 0.257 bits per heavy atom. The highest BCUT2D eigenvalue weighted by Gasteiger charge is 2.48. The fourth-order valence-electron chi connectivity index (χ4n) is 25.7. The van der Waals surface area contributed by atoms with Crippen molar-refractivity contribution in [1.29, 1.82) is 0 Å². The summed E-state index contributed by atoms with van der Waals surface area (Å²) < 4.78 is 8.28. The summed E-state index contributed by atoms with van der Waals surface area (Å²) >= 11 is 0. The van der Waals surface area contributed by atoms with Gasteiger partial charge in [-0.1, -0.05) is 247 Å². The summed E-state index contributed by atoms with van der Waals surface area (Å²) in [4.78, 5) is 0. The minimum atomic E-state index is -0.121. The van der Waals surface area contributed by atoms with Crippen LogP contribution in [0.3, 0.4) is 0 Å². The number of rotatable bonds is 60. The van der Waals surface area contributed by atoms with Crippen molar-refractivity contribution in [2.45, 2.75) is 292 Å². The van der Waals surface area contributed by atoms with Gasteiger partial charge in [0, 0.05) is 21.7 Å². The van der Waals surface area contributed by atoms with E-state index in [2.05, 4.69) is 353 Å². The molecule has 0 N–H and O–H groups in total. The lowest BCUT2D eigenvalue weighted by atomic mass is 9.69. The molecule has 8 nitrogen and oxygen atoms in total. The van der Waals surface area contributed by atoms with Crippen molar-refractivity contribution in [3.05, 3.63) is 225 Å². The molecule has 13 rings (SSSR count). The number of quaternary nitrogens is 8. The number of nitrogens with zero attached hydrogens (tertiary/aromatic N) is 8. The summed E-state index contributed by atoms with van der Waals surface area (Å²) in [5.74, 6) is 0. The van der Waals surface area contributed by atoms with E-state index in [0.717, 1.165) is 35.9 Å². The summed E-state index contributed by atoms with van der Waals surface area (Å²) in [6.07, 6.45) is 50.4. The van der Waals surface area contributed by atoms with E-state index < -0.39 is 0 Å². The molecule has 140 heavy (non-hydrogen) atoms. The molecular weight excluding hydrogens is 1700 g/mol. The summed E-state index contributed by atoms with van der Waals surface area (Å²) in [7, 11) is 56.8. The van der Waals surface area contributed by atoms with E-state index in [1.807, 2.05) is 0 Å². The second kappa shape index (κ2) is 47.0. The molecule has 0 bridgehead atoms. The molecule has 0 unspecified atom stereocenters. The third-order valence-corrected chi connectivity index (χ3v) is 33.4. The lowest BCUT2D eigenvalue weighted by Gasteiger charge is -2.34. The van der Waals surface area contributed by atoms with Crippen LogP contribution in [0.1, 0.15) is 312 Å². The molecule has 0 spiro atoms. The van der Waals surface area contributed by atoms with Gasteiger partial charge in [0.15, 0.2) is 0 Å². The van der Waals surface area contributed by atoms with E-state index in [4.69, 9.17) is 0 Å². The highest BCUT2D eigenvalue weighted by Crippen LogP contribution is 2.62. The Morgan fingerprint density at radius 3 is 0.407 bits per heavy atom. The Hall–Kier alpha value is -7.34. The van der Waals surface area contributed by atoms with Gasteiger partial charge in [0.25, 0.3) is 0 Å². The van der Waals surface area contributed by atoms with Crippen molar-refractivity contribution in [1.82, 2.24) is 0 Å². The minimum absolute atomic E-state index is 0.0130. The molecular formula is C132H202N8+8. The van der Waals surface area contributed by atoms with Crippen molar-refractivity contribution in [3.63, 3.8) is 0 Å². The van der Waals surface area contributed by atoms with Gasteiger partial charge in [-0.2, -0.15) is 0 Å². The normalized spacial score (nSPS) is 15.1. The maximum Gasteiger partial charge on any atom is 0.0780 e. The molecule has 9 aromatic carbocycles. The van der Waals surface area contributed by atoms with Crippen LogP contribution < -0.4 is 0 Å². The summed E-state index contributed by atoms with van der Waals surface area (Å²) in [6, 6.07) is 72.3. The molecule has 4 aliphatic carbocycles. The summed E-state index contributed by atoms with van der Waals surface area (Å²) in [5, 5.41) is 0. The zero-order chi connectivity index (χ0) is 101. The number of fused-ring (bicyclic) bond motifs is 12. The first kappa shape index (κ1) is 110. The zero-order valence-corrected chi connectivity index (χ0v) is 94.7. The average molecular weight is 1900 g/mol. The van der Waals surface area contributed by atoms with Crippen LogP contribution in [0.5, 0.6) is 0 Å². The minimum Gasteiger partial charge on any atom is -0.331 e. The molecule has 0 radical (unpaired) electrons. The van der Waals surface area contributed by atoms with Crippen molar-refractivity contribution in [2.24, 2.45) is 0 Å². The Bertz CT molecular complexity index is 5050. The van der Waals surface area contributed by atoms with Crippen molar-refractivity contribution in [3.8, 4) is 89.0 Å². The second-order valence-electron chi connectivity index (χ2n) is 54.0. The van der Waals surface area contributed by atoms with E-state index in [1.54, 1.807) is 44.5 Å². The first-order valence-corrected chi connectivity index (χ1v) is 56.8. The maximum atomic E-state index is 2.77. The number of hydrogen-bond donors (Lipinski definition) is 0. The highest BCUT2D eigenvalue weighted by molar-refractivity contribution is 5.91. The van der Waals surface area contributed by atoms with Crippen LogP contribution in [0.15, 0.2) is 170 Å². The highest BCUT2D eigenvalue weighted by atomic mass is 15.3. The van der Waals surface area contributed by atoms with Crippen molar-refractivity contribution >= 4 is 0 Å². The Balaban J connectivity index is 0.879. The molecule has 0 atom stereocenters. The van der Waals surface area contributed by atoms with Gasteiger partial charge < -0.3 is 35.9 Å². The van der Waals surface area contributed by atoms with E-state index in [0.29, 0.717) is 0 Å². The number of aryl methyl sites for hydroxylation is 2. The lowest BCUT2D eigenvalue weighted by molar-refractivity contribution is -0.870. The largest absolute Gasteiger partial charge is 0.331 e. The third-order valence-electron chi connectivity index (χ3n) is 33.4. The van der Waals surface area contributed by atoms with E-state index in [1.165, 1.54) is 409 Å². The summed E-state index contributed by atoms with van der Waals surface area (Å²) in [5.41, 5.74) is 38.0. The topological polar surface area (TPSA) is 0 Å². The van der Waals surface area contributed by atoms with Gasteiger partial charge in [0.05, 0.1) is 222 Å². The van der Waals surface area contributed by atoms with E-state index in [9.17, 15) is 0 Å². The molecule has 9 aromatic rings. The van der Waals surface area contributed by atoms with Crippen LogP contribution in [-0.2, 0) is 21.7 Å². The average Bonchev–Trinajstić information content (AvgIpc) is 1.56. The fraction of sp³-hybridized carbons (Fsp3) is 0.591. The fourth-order valence-corrected chi connectivity index (χ4v) is 25.7. The second-order valence-corrected chi connectivity index (χ2v) is 54.0. The molecule has 0 saturated carbocycles. The number of benzene rings is 9. The van der Waals surface area contributed by atoms with Crippen LogP contribution in [0, 0.1) is 13.8 Å². The molecule has 0 amide bonds. The van der Waals surface area contributed by atoms with Crippen LogP contribution in [0.25, 0.3) is 89.0 Å². The van der Waals surface area contributed by atoms with Crippen molar-refractivity contribution in [2.75, 3.05) is 222 Å². The maximum absolute atomic E-state index is 2.77. The van der Waals surface area contributed by atoms with Gasteiger partial charge in [-0.05, 0) is 338 Å². The van der Waals surface area contributed by atoms with Gasteiger partial charge in [-0.25, -0.2) is 0 Å². The van der Waals surface area contributed by atoms with Gasteiger partial charge in [-0.15, -0.1) is 0 Å².